The summed E-state index contributed by atoms with van der Waals surface area (Å²) in [4.78, 5) is 11.6. The number of amides is 1. The third-order valence-electron chi connectivity index (χ3n) is 3.32. The van der Waals surface area contributed by atoms with Gasteiger partial charge < -0.3 is 10.6 Å². The van der Waals surface area contributed by atoms with Crippen molar-refractivity contribution >= 4 is 5.91 Å². The molecule has 1 unspecified atom stereocenters. The summed E-state index contributed by atoms with van der Waals surface area (Å²) in [6, 6.07) is 0. The Balaban J connectivity index is 2.04. The molecule has 1 fully saturated rings. The average molecular weight is 240 g/mol. The van der Waals surface area contributed by atoms with Crippen molar-refractivity contribution in [3.63, 3.8) is 0 Å². The molecule has 0 aromatic heterocycles. The highest BCUT2D eigenvalue weighted by Crippen LogP contribution is 2.21. The molecule has 0 saturated carbocycles. The van der Waals surface area contributed by atoms with Gasteiger partial charge >= 0.3 is 0 Å². The van der Waals surface area contributed by atoms with Gasteiger partial charge in [0.1, 0.15) is 0 Å². The fourth-order valence-corrected chi connectivity index (χ4v) is 2.22. The van der Waals surface area contributed by atoms with E-state index in [2.05, 4.69) is 31.4 Å². The highest BCUT2D eigenvalue weighted by atomic mass is 16.1. The quantitative estimate of drug-likeness (QED) is 0.774. The van der Waals surface area contributed by atoms with Gasteiger partial charge in [-0.15, -0.1) is 0 Å². The van der Waals surface area contributed by atoms with E-state index in [-0.39, 0.29) is 5.91 Å². The lowest BCUT2D eigenvalue weighted by molar-refractivity contribution is -0.121. The predicted octanol–water partition coefficient (Wildman–Crippen LogP) is 2.32. The van der Waals surface area contributed by atoms with E-state index >= 15 is 0 Å². The molecular weight excluding hydrogens is 212 g/mol. The SMILES string of the molecule is CC(C)(C)CCCC(=O)NCC1CCCNC1. The third kappa shape index (κ3) is 7.37. The second-order valence-electron chi connectivity index (χ2n) is 6.43. The van der Waals surface area contributed by atoms with Crippen molar-refractivity contribution in [2.75, 3.05) is 19.6 Å². The van der Waals surface area contributed by atoms with E-state index < -0.39 is 0 Å². The molecule has 100 valence electrons. The summed E-state index contributed by atoms with van der Waals surface area (Å²) in [6.07, 6.45) is 5.28. The Hall–Kier alpha value is -0.570. The Bertz CT molecular complexity index is 227. The van der Waals surface area contributed by atoms with Crippen LogP contribution in [0.15, 0.2) is 0 Å². The summed E-state index contributed by atoms with van der Waals surface area (Å²) in [5, 5.41) is 6.43. The number of carbonyl (C=O) groups is 1. The van der Waals surface area contributed by atoms with Crippen molar-refractivity contribution in [3.8, 4) is 0 Å². The highest BCUT2D eigenvalue weighted by molar-refractivity contribution is 5.75. The van der Waals surface area contributed by atoms with Crippen molar-refractivity contribution in [2.45, 2.75) is 52.9 Å². The van der Waals surface area contributed by atoms with Gasteiger partial charge in [0.05, 0.1) is 0 Å². The van der Waals surface area contributed by atoms with E-state index in [1.165, 1.54) is 12.8 Å². The van der Waals surface area contributed by atoms with Gasteiger partial charge in [-0.1, -0.05) is 20.8 Å². The third-order valence-corrected chi connectivity index (χ3v) is 3.32. The Morgan fingerprint density at radius 1 is 1.41 bits per heavy atom. The second kappa shape index (κ2) is 7.00. The minimum absolute atomic E-state index is 0.222. The molecule has 0 aromatic carbocycles. The number of rotatable bonds is 5. The minimum atomic E-state index is 0.222. The molecule has 1 aliphatic heterocycles. The minimum Gasteiger partial charge on any atom is -0.356 e. The molecule has 0 aliphatic carbocycles. The lowest BCUT2D eigenvalue weighted by Gasteiger charge is -2.23. The van der Waals surface area contributed by atoms with Gasteiger partial charge in [0, 0.05) is 13.0 Å². The number of hydrogen-bond donors (Lipinski definition) is 2. The maximum absolute atomic E-state index is 11.6. The van der Waals surface area contributed by atoms with Crippen LogP contribution in [0.25, 0.3) is 0 Å². The first kappa shape index (κ1) is 14.5. The molecular formula is C14H28N2O. The molecule has 1 aliphatic rings. The number of piperidine rings is 1. The van der Waals surface area contributed by atoms with E-state index in [1.807, 2.05) is 0 Å². The van der Waals surface area contributed by atoms with Crippen LogP contribution in [0.2, 0.25) is 0 Å². The number of nitrogens with one attached hydrogen (secondary N) is 2. The zero-order valence-corrected chi connectivity index (χ0v) is 11.6. The molecule has 0 spiro atoms. The average Bonchev–Trinajstić information content (AvgIpc) is 2.26. The normalized spacial score (nSPS) is 21.2. The predicted molar refractivity (Wildman–Crippen MR) is 71.9 cm³/mol. The first-order valence-electron chi connectivity index (χ1n) is 6.95. The van der Waals surface area contributed by atoms with Crippen LogP contribution in [0, 0.1) is 11.3 Å². The lowest BCUT2D eigenvalue weighted by atomic mass is 9.90. The molecule has 17 heavy (non-hydrogen) atoms. The maximum Gasteiger partial charge on any atom is 0.220 e. The van der Waals surface area contributed by atoms with Crippen LogP contribution in [0.1, 0.15) is 52.9 Å². The summed E-state index contributed by atoms with van der Waals surface area (Å²) >= 11 is 0. The van der Waals surface area contributed by atoms with Crippen molar-refractivity contribution in [1.82, 2.24) is 10.6 Å². The number of hydrogen-bond acceptors (Lipinski definition) is 2. The van der Waals surface area contributed by atoms with Crippen molar-refractivity contribution < 1.29 is 4.79 Å². The zero-order valence-electron chi connectivity index (χ0n) is 11.6. The van der Waals surface area contributed by atoms with Crippen molar-refractivity contribution in [3.05, 3.63) is 0 Å². The molecule has 1 saturated heterocycles. The summed E-state index contributed by atoms with van der Waals surface area (Å²) in [6.45, 7) is 9.70. The van der Waals surface area contributed by atoms with Gasteiger partial charge in [-0.25, -0.2) is 0 Å². The van der Waals surface area contributed by atoms with Crippen LogP contribution in [-0.4, -0.2) is 25.5 Å². The van der Waals surface area contributed by atoms with Gasteiger partial charge in [-0.2, -0.15) is 0 Å². The smallest absolute Gasteiger partial charge is 0.220 e. The van der Waals surface area contributed by atoms with E-state index in [9.17, 15) is 4.79 Å². The maximum atomic E-state index is 11.6. The van der Waals surface area contributed by atoms with Gasteiger partial charge in [0.2, 0.25) is 5.91 Å². The first-order valence-corrected chi connectivity index (χ1v) is 6.95. The standard InChI is InChI=1S/C14H28N2O/c1-14(2,3)8-4-7-13(17)16-11-12-6-5-9-15-10-12/h12,15H,4-11H2,1-3H3,(H,16,17). The van der Waals surface area contributed by atoms with Crippen LogP contribution < -0.4 is 10.6 Å². The highest BCUT2D eigenvalue weighted by Gasteiger charge is 2.14. The molecule has 1 atom stereocenters. The molecule has 1 amide bonds. The molecule has 0 aromatic rings. The number of carbonyl (C=O) groups excluding carboxylic acids is 1. The summed E-state index contributed by atoms with van der Waals surface area (Å²) in [5.74, 6) is 0.857. The zero-order chi connectivity index (χ0) is 12.7. The molecule has 3 heteroatoms. The monoisotopic (exact) mass is 240 g/mol. The Morgan fingerprint density at radius 3 is 2.76 bits per heavy atom. The van der Waals surface area contributed by atoms with Gasteiger partial charge in [-0.3, -0.25) is 4.79 Å². The van der Waals surface area contributed by atoms with Gasteiger partial charge in [0.15, 0.2) is 0 Å². The fraction of sp³-hybridized carbons (Fsp3) is 0.929. The van der Waals surface area contributed by atoms with E-state index in [1.54, 1.807) is 0 Å². The van der Waals surface area contributed by atoms with Crippen LogP contribution in [-0.2, 0) is 4.79 Å². The first-order chi connectivity index (χ1) is 7.97. The summed E-state index contributed by atoms with van der Waals surface area (Å²) in [7, 11) is 0. The van der Waals surface area contributed by atoms with Crippen molar-refractivity contribution in [2.24, 2.45) is 11.3 Å². The van der Waals surface area contributed by atoms with E-state index in [4.69, 9.17) is 0 Å². The van der Waals surface area contributed by atoms with Crippen LogP contribution in [0.5, 0.6) is 0 Å². The molecule has 0 radical (unpaired) electrons. The Morgan fingerprint density at radius 2 is 2.18 bits per heavy atom. The van der Waals surface area contributed by atoms with Gasteiger partial charge in [-0.05, 0) is 50.1 Å². The van der Waals surface area contributed by atoms with Crippen LogP contribution >= 0.6 is 0 Å². The Kier molecular flexibility index (Phi) is 5.96. The molecule has 1 heterocycles. The van der Waals surface area contributed by atoms with Crippen molar-refractivity contribution in [1.29, 1.82) is 0 Å². The summed E-state index contributed by atoms with van der Waals surface area (Å²) in [5.41, 5.74) is 0.341. The Labute approximate surface area is 106 Å². The van der Waals surface area contributed by atoms with E-state index in [0.29, 0.717) is 17.8 Å². The topological polar surface area (TPSA) is 41.1 Å². The second-order valence-corrected chi connectivity index (χ2v) is 6.43. The fourth-order valence-electron chi connectivity index (χ4n) is 2.22. The molecule has 3 nitrogen and oxygen atoms in total. The van der Waals surface area contributed by atoms with E-state index in [0.717, 1.165) is 32.5 Å². The molecule has 0 bridgehead atoms. The molecule has 2 N–H and O–H groups in total. The van der Waals surface area contributed by atoms with Crippen LogP contribution in [0.3, 0.4) is 0 Å². The lowest BCUT2D eigenvalue weighted by Crippen LogP contribution is -2.38. The molecule has 1 rings (SSSR count). The van der Waals surface area contributed by atoms with Crippen LogP contribution in [0.4, 0.5) is 0 Å². The largest absolute Gasteiger partial charge is 0.356 e. The van der Waals surface area contributed by atoms with Gasteiger partial charge in [0.25, 0.3) is 0 Å². The summed E-state index contributed by atoms with van der Waals surface area (Å²) < 4.78 is 0.